The second-order valence-corrected chi connectivity index (χ2v) is 9.49. The highest BCUT2D eigenvalue weighted by Gasteiger charge is 2.36. The molecule has 27 heavy (non-hydrogen) atoms. The van der Waals surface area contributed by atoms with Crippen molar-refractivity contribution in [3.63, 3.8) is 0 Å². The molecule has 2 aromatic rings. The van der Waals surface area contributed by atoms with E-state index in [1.54, 1.807) is 0 Å². The highest BCUT2D eigenvalue weighted by atomic mass is 79.9. The summed E-state index contributed by atoms with van der Waals surface area (Å²) in [7, 11) is -3.94. The molecule has 1 aliphatic rings. The van der Waals surface area contributed by atoms with Gasteiger partial charge in [0.05, 0.1) is 0 Å². The molecule has 144 valence electrons. The minimum atomic E-state index is -3.94. The molecule has 1 atom stereocenters. The number of carbonyl (C=O) groups excluding carboxylic acids is 1. The summed E-state index contributed by atoms with van der Waals surface area (Å²) >= 11 is 9.17. The van der Waals surface area contributed by atoms with E-state index in [4.69, 9.17) is 11.6 Å². The third-order valence-corrected chi connectivity index (χ3v) is 7.00. The first-order chi connectivity index (χ1) is 12.9. The van der Waals surface area contributed by atoms with Crippen LogP contribution in [0.4, 0.5) is 0 Å². The van der Waals surface area contributed by atoms with Crippen LogP contribution in [-0.4, -0.2) is 36.2 Å². The Morgan fingerprint density at radius 3 is 2.59 bits per heavy atom. The summed E-state index contributed by atoms with van der Waals surface area (Å²) < 4.78 is 28.8. The Morgan fingerprint density at radius 1 is 1.19 bits per heavy atom. The van der Waals surface area contributed by atoms with Gasteiger partial charge in [0.15, 0.2) is 0 Å². The van der Waals surface area contributed by atoms with E-state index in [1.807, 2.05) is 24.3 Å². The molecule has 1 amide bonds. The zero-order valence-corrected chi connectivity index (χ0v) is 17.6. The number of rotatable bonds is 5. The summed E-state index contributed by atoms with van der Waals surface area (Å²) in [5, 5.41) is 3.02. The first-order valence-electron chi connectivity index (χ1n) is 8.53. The molecule has 1 saturated heterocycles. The summed E-state index contributed by atoms with van der Waals surface area (Å²) in [6, 6.07) is 9.43. The highest BCUT2D eigenvalue weighted by Crippen LogP contribution is 2.25. The van der Waals surface area contributed by atoms with Gasteiger partial charge in [-0.25, -0.2) is 13.4 Å². The molecular weight excluding hydrogens is 454 g/mol. The number of carbonyl (C=O) groups is 1. The lowest BCUT2D eigenvalue weighted by Gasteiger charge is -2.29. The van der Waals surface area contributed by atoms with Gasteiger partial charge < -0.3 is 5.32 Å². The van der Waals surface area contributed by atoms with Gasteiger partial charge in [0.25, 0.3) is 0 Å². The maximum absolute atomic E-state index is 13.3. The molecule has 1 N–H and O–H groups in total. The molecule has 1 aromatic heterocycles. The number of nitrogens with zero attached hydrogens (tertiary/aromatic N) is 2. The molecule has 9 heteroatoms. The molecule has 0 radical (unpaired) electrons. The van der Waals surface area contributed by atoms with Crippen molar-refractivity contribution in [2.24, 2.45) is 0 Å². The quantitative estimate of drug-likeness (QED) is 0.677. The number of aromatic nitrogens is 1. The van der Waals surface area contributed by atoms with Gasteiger partial charge in [0.1, 0.15) is 16.1 Å². The van der Waals surface area contributed by atoms with Gasteiger partial charge in [-0.1, -0.05) is 39.7 Å². The Kier molecular flexibility index (Phi) is 6.52. The summed E-state index contributed by atoms with van der Waals surface area (Å²) in [4.78, 5) is 16.5. The second-order valence-electron chi connectivity index (χ2n) is 6.30. The first-order valence-corrected chi connectivity index (χ1v) is 11.1. The Balaban J connectivity index is 2.01. The third kappa shape index (κ3) is 4.87. The van der Waals surface area contributed by atoms with Crippen LogP contribution in [0.3, 0.4) is 0 Å². The van der Waals surface area contributed by atoms with Crippen molar-refractivity contribution < 1.29 is 13.2 Å². The molecule has 1 aromatic carbocycles. The zero-order chi connectivity index (χ0) is 19.4. The van der Waals surface area contributed by atoms with Crippen LogP contribution in [0.5, 0.6) is 0 Å². The van der Waals surface area contributed by atoms with Crippen LogP contribution in [0.1, 0.15) is 24.8 Å². The van der Waals surface area contributed by atoms with Crippen LogP contribution >= 0.6 is 27.5 Å². The van der Waals surface area contributed by atoms with Crippen LogP contribution < -0.4 is 5.32 Å². The number of hydrogen-bond donors (Lipinski definition) is 1. The number of pyridine rings is 1. The van der Waals surface area contributed by atoms with Gasteiger partial charge in [0, 0.05) is 23.8 Å². The minimum Gasteiger partial charge on any atom is -0.355 e. The monoisotopic (exact) mass is 471 g/mol. The van der Waals surface area contributed by atoms with E-state index >= 15 is 0 Å². The fraction of sp³-hybridized carbons (Fsp3) is 0.333. The summed E-state index contributed by atoms with van der Waals surface area (Å²) in [6.45, 7) is 0.653. The van der Waals surface area contributed by atoms with Crippen molar-refractivity contribution >= 4 is 43.5 Å². The molecular formula is C18H19BrClN3O3S. The van der Waals surface area contributed by atoms with Crippen LogP contribution in [0.25, 0.3) is 0 Å². The number of sulfonamides is 1. The largest absolute Gasteiger partial charge is 0.355 e. The number of halogens is 2. The number of nitrogens with one attached hydrogen (secondary N) is 1. The van der Waals surface area contributed by atoms with Crippen LogP contribution in [-0.2, 0) is 21.4 Å². The summed E-state index contributed by atoms with van der Waals surface area (Å²) in [5.74, 6) is -0.268. The first kappa shape index (κ1) is 20.3. The maximum atomic E-state index is 13.3. The molecule has 0 saturated carbocycles. The average molecular weight is 473 g/mol. The van der Waals surface area contributed by atoms with Gasteiger partial charge in [-0.05, 0) is 49.1 Å². The van der Waals surface area contributed by atoms with Gasteiger partial charge in [-0.15, -0.1) is 0 Å². The molecule has 1 fully saturated rings. The molecule has 0 bridgehead atoms. The van der Waals surface area contributed by atoms with E-state index in [0.29, 0.717) is 13.0 Å². The Bertz CT molecular complexity index is 904. The van der Waals surface area contributed by atoms with Crippen molar-refractivity contribution in [1.29, 1.82) is 0 Å². The number of benzene rings is 1. The smallest absolute Gasteiger partial charge is 0.245 e. The Morgan fingerprint density at radius 2 is 1.93 bits per heavy atom. The number of amides is 1. The van der Waals surface area contributed by atoms with E-state index in [2.05, 4.69) is 26.2 Å². The van der Waals surface area contributed by atoms with Crippen molar-refractivity contribution in [3.8, 4) is 0 Å². The van der Waals surface area contributed by atoms with E-state index in [-0.39, 0.29) is 22.5 Å². The van der Waals surface area contributed by atoms with E-state index < -0.39 is 16.1 Å². The van der Waals surface area contributed by atoms with Crippen LogP contribution in [0, 0.1) is 0 Å². The van der Waals surface area contributed by atoms with Crippen molar-refractivity contribution in [2.45, 2.75) is 36.7 Å². The van der Waals surface area contributed by atoms with Crippen molar-refractivity contribution in [2.75, 3.05) is 6.54 Å². The number of hydrogen-bond acceptors (Lipinski definition) is 4. The van der Waals surface area contributed by atoms with Gasteiger partial charge in [-0.3, -0.25) is 4.79 Å². The van der Waals surface area contributed by atoms with E-state index in [1.165, 1.54) is 22.6 Å². The van der Waals surface area contributed by atoms with Gasteiger partial charge in [-0.2, -0.15) is 4.31 Å². The minimum absolute atomic E-state index is 0.0149. The molecule has 2 heterocycles. The normalized spacial score (nSPS) is 18.2. The molecule has 0 aliphatic carbocycles. The van der Waals surface area contributed by atoms with E-state index in [9.17, 15) is 13.2 Å². The predicted octanol–water partition coefficient (Wildman–Crippen LogP) is 3.36. The summed E-state index contributed by atoms with van der Waals surface area (Å²) in [6.07, 6.45) is 3.30. The Labute approximate surface area is 172 Å². The topological polar surface area (TPSA) is 79.4 Å². The van der Waals surface area contributed by atoms with Crippen LogP contribution in [0.2, 0.25) is 5.15 Å². The third-order valence-electron chi connectivity index (χ3n) is 4.41. The maximum Gasteiger partial charge on any atom is 0.245 e. The lowest BCUT2D eigenvalue weighted by molar-refractivity contribution is -0.124. The molecule has 6 nitrogen and oxygen atoms in total. The van der Waals surface area contributed by atoms with Crippen LogP contribution in [0.15, 0.2) is 52.0 Å². The molecule has 0 spiro atoms. The Hall–Kier alpha value is -1.48. The standard InChI is InChI=1S/C18H19BrClN3O3S/c19-14-6-4-13(5-7-14)12-23(16-3-1-2-10-21-18(16)24)27(25,26)15-8-9-17(20)22-11-15/h4-9,11,16H,1-3,10,12H2,(H,21,24). The highest BCUT2D eigenvalue weighted by molar-refractivity contribution is 9.10. The van der Waals surface area contributed by atoms with Gasteiger partial charge in [0.2, 0.25) is 15.9 Å². The predicted molar refractivity (Wildman–Crippen MR) is 107 cm³/mol. The fourth-order valence-electron chi connectivity index (χ4n) is 2.98. The van der Waals surface area contributed by atoms with Crippen molar-refractivity contribution in [3.05, 3.63) is 57.8 Å². The SMILES string of the molecule is O=C1NCCCCC1N(Cc1ccc(Br)cc1)S(=O)(=O)c1ccc(Cl)nc1. The summed E-state index contributed by atoms with van der Waals surface area (Å²) in [5.41, 5.74) is 0.792. The second kappa shape index (κ2) is 8.68. The average Bonchev–Trinajstić information content (AvgIpc) is 2.86. The fourth-order valence-corrected chi connectivity index (χ4v) is 4.91. The van der Waals surface area contributed by atoms with E-state index in [0.717, 1.165) is 22.9 Å². The zero-order valence-electron chi connectivity index (χ0n) is 14.4. The molecule has 1 unspecified atom stereocenters. The molecule has 1 aliphatic heterocycles. The lowest BCUT2D eigenvalue weighted by atomic mass is 10.1. The lowest BCUT2D eigenvalue weighted by Crippen LogP contribution is -2.48. The van der Waals surface area contributed by atoms with Gasteiger partial charge >= 0.3 is 0 Å². The molecule has 3 rings (SSSR count). The van der Waals surface area contributed by atoms with Crippen molar-refractivity contribution in [1.82, 2.24) is 14.6 Å².